The van der Waals surface area contributed by atoms with Crippen LogP contribution in [0.4, 0.5) is 0 Å². The van der Waals surface area contributed by atoms with Gasteiger partial charge in [0.2, 0.25) is 5.91 Å². The summed E-state index contributed by atoms with van der Waals surface area (Å²) in [6.45, 7) is 0. The van der Waals surface area contributed by atoms with Gasteiger partial charge in [-0.05, 0) is 68.4 Å². The van der Waals surface area contributed by atoms with Crippen LogP contribution >= 0.6 is 0 Å². The molecule has 4 bridgehead atoms. The van der Waals surface area contributed by atoms with Crippen molar-refractivity contribution in [2.45, 2.75) is 38.5 Å². The van der Waals surface area contributed by atoms with Gasteiger partial charge < -0.3 is 0 Å². The largest absolute Gasteiger partial charge is 0.273 e. The van der Waals surface area contributed by atoms with Crippen LogP contribution in [0.5, 0.6) is 0 Å². The Morgan fingerprint density at radius 1 is 0.889 bits per heavy atom. The number of hydrogen-bond acceptors (Lipinski definition) is 3. The minimum atomic E-state index is -0.182. The van der Waals surface area contributed by atoms with Crippen molar-refractivity contribution in [1.29, 1.82) is 0 Å². The third-order valence-electron chi connectivity index (χ3n) is 6.79. The van der Waals surface area contributed by atoms with E-state index in [2.05, 4.69) is 15.5 Å². The Labute approximate surface area is 160 Å². The molecule has 0 unspecified atom stereocenters. The van der Waals surface area contributed by atoms with Gasteiger partial charge in [-0.1, -0.05) is 30.3 Å². The van der Waals surface area contributed by atoms with Crippen molar-refractivity contribution in [2.75, 3.05) is 0 Å². The summed E-state index contributed by atoms with van der Waals surface area (Å²) >= 11 is 0. The number of aromatic nitrogens is 1. The van der Waals surface area contributed by atoms with Crippen LogP contribution in [-0.4, -0.2) is 16.6 Å². The molecule has 4 aliphatic carbocycles. The summed E-state index contributed by atoms with van der Waals surface area (Å²) in [5, 5.41) is 4.61. The van der Waals surface area contributed by atoms with E-state index in [1.807, 2.05) is 42.5 Å². The summed E-state index contributed by atoms with van der Waals surface area (Å²) in [5.41, 5.74) is 5.53. The van der Waals surface area contributed by atoms with Gasteiger partial charge in [0.05, 0.1) is 11.1 Å². The van der Waals surface area contributed by atoms with Crippen molar-refractivity contribution in [2.24, 2.45) is 28.3 Å². The molecule has 1 aromatic heterocycles. The van der Waals surface area contributed by atoms with Gasteiger partial charge >= 0.3 is 0 Å². The number of amides is 1. The lowest BCUT2D eigenvalue weighted by atomic mass is 9.49. The van der Waals surface area contributed by atoms with E-state index in [9.17, 15) is 4.79 Å². The molecule has 0 atom stereocenters. The molecule has 138 valence electrons. The second-order valence-electron chi connectivity index (χ2n) is 8.70. The van der Waals surface area contributed by atoms with Gasteiger partial charge in [0.25, 0.3) is 0 Å². The van der Waals surface area contributed by atoms with Gasteiger partial charge in [0.15, 0.2) is 0 Å². The van der Waals surface area contributed by atoms with E-state index in [1.165, 1.54) is 19.3 Å². The summed E-state index contributed by atoms with van der Waals surface area (Å²) in [7, 11) is 0. The molecule has 6 rings (SSSR count). The van der Waals surface area contributed by atoms with Crippen molar-refractivity contribution in [3.05, 3.63) is 66.0 Å². The Morgan fingerprint density at radius 3 is 2.04 bits per heavy atom. The van der Waals surface area contributed by atoms with Crippen LogP contribution in [0.3, 0.4) is 0 Å². The number of nitrogens with zero attached hydrogens (tertiary/aromatic N) is 2. The Kier molecular flexibility index (Phi) is 4.07. The minimum absolute atomic E-state index is 0.129. The number of pyridine rings is 1. The maximum absolute atomic E-state index is 13.2. The topological polar surface area (TPSA) is 54.4 Å². The first-order chi connectivity index (χ1) is 13.2. The van der Waals surface area contributed by atoms with Crippen molar-refractivity contribution in [3.8, 4) is 0 Å². The normalized spacial score (nSPS) is 31.7. The summed E-state index contributed by atoms with van der Waals surface area (Å²) in [6, 6.07) is 13.9. The van der Waals surface area contributed by atoms with E-state index in [-0.39, 0.29) is 11.3 Å². The van der Waals surface area contributed by atoms with Gasteiger partial charge in [-0.15, -0.1) is 0 Å². The molecular weight excluding hydrogens is 334 g/mol. The molecule has 1 aromatic carbocycles. The Hall–Kier alpha value is -2.49. The quantitative estimate of drug-likeness (QED) is 0.658. The standard InChI is InChI=1S/C23H25N3O/c27-22(23-13-16-10-17(14-23)12-18(11-16)15-23)26-25-21(19-4-2-1-3-5-19)20-6-8-24-9-7-20/h1-9,16-18H,10-15H2,(H,26,27)/b25-21+. The van der Waals surface area contributed by atoms with Crippen LogP contribution in [0.25, 0.3) is 0 Å². The monoisotopic (exact) mass is 359 g/mol. The Bertz CT molecular complexity index is 783. The second-order valence-corrected chi connectivity index (χ2v) is 8.70. The van der Waals surface area contributed by atoms with Gasteiger partial charge in [-0.2, -0.15) is 5.10 Å². The van der Waals surface area contributed by atoms with Crippen LogP contribution in [0.2, 0.25) is 0 Å². The first-order valence-corrected chi connectivity index (χ1v) is 10.1. The van der Waals surface area contributed by atoms with E-state index >= 15 is 0 Å². The Balaban J connectivity index is 1.43. The average Bonchev–Trinajstić information content (AvgIpc) is 2.69. The highest BCUT2D eigenvalue weighted by Crippen LogP contribution is 2.60. The highest BCUT2D eigenvalue weighted by Gasteiger charge is 2.54. The third-order valence-corrected chi connectivity index (χ3v) is 6.79. The van der Waals surface area contributed by atoms with E-state index in [1.54, 1.807) is 12.4 Å². The van der Waals surface area contributed by atoms with Gasteiger partial charge in [-0.3, -0.25) is 9.78 Å². The highest BCUT2D eigenvalue weighted by molar-refractivity contribution is 6.13. The lowest BCUT2D eigenvalue weighted by molar-refractivity contribution is -0.146. The third kappa shape index (κ3) is 3.07. The van der Waals surface area contributed by atoms with Gasteiger partial charge in [-0.25, -0.2) is 5.43 Å². The zero-order valence-electron chi connectivity index (χ0n) is 15.5. The molecule has 4 heteroatoms. The highest BCUT2D eigenvalue weighted by atomic mass is 16.2. The van der Waals surface area contributed by atoms with Crippen LogP contribution in [0.1, 0.15) is 49.7 Å². The number of rotatable bonds is 4. The second kappa shape index (κ2) is 6.59. The van der Waals surface area contributed by atoms with Crippen molar-refractivity contribution in [1.82, 2.24) is 10.4 Å². The van der Waals surface area contributed by atoms with E-state index in [0.717, 1.165) is 53.9 Å². The fourth-order valence-corrected chi connectivity index (χ4v) is 6.02. The molecule has 1 heterocycles. The molecule has 0 saturated heterocycles. The number of nitrogens with one attached hydrogen (secondary N) is 1. The Morgan fingerprint density at radius 2 is 1.44 bits per heavy atom. The molecule has 0 spiro atoms. The van der Waals surface area contributed by atoms with Crippen LogP contribution in [-0.2, 0) is 4.79 Å². The molecule has 4 fully saturated rings. The molecule has 0 aliphatic heterocycles. The number of benzene rings is 1. The number of carbonyl (C=O) groups excluding carboxylic acids is 1. The SMILES string of the molecule is O=C(N/N=C(\c1ccccc1)c1ccncc1)C12CC3CC(CC(C3)C1)C2. The summed E-state index contributed by atoms with van der Waals surface area (Å²) < 4.78 is 0. The fraction of sp³-hybridized carbons (Fsp3) is 0.435. The molecule has 4 nitrogen and oxygen atoms in total. The molecule has 27 heavy (non-hydrogen) atoms. The van der Waals surface area contributed by atoms with E-state index in [4.69, 9.17) is 0 Å². The summed E-state index contributed by atoms with van der Waals surface area (Å²) in [5.74, 6) is 2.38. The van der Waals surface area contributed by atoms with Crippen LogP contribution < -0.4 is 5.43 Å². The maximum Gasteiger partial charge on any atom is 0.246 e. The van der Waals surface area contributed by atoms with Crippen LogP contribution in [0.15, 0.2) is 60.0 Å². The summed E-state index contributed by atoms with van der Waals surface area (Å²) in [4.78, 5) is 17.3. The molecular formula is C23H25N3O. The average molecular weight is 359 g/mol. The van der Waals surface area contributed by atoms with Crippen molar-refractivity contribution < 1.29 is 4.79 Å². The first kappa shape index (κ1) is 16.7. The minimum Gasteiger partial charge on any atom is -0.273 e. The zero-order valence-corrected chi connectivity index (χ0v) is 15.5. The van der Waals surface area contributed by atoms with Crippen molar-refractivity contribution >= 4 is 11.6 Å². The predicted molar refractivity (Wildman–Crippen MR) is 105 cm³/mol. The van der Waals surface area contributed by atoms with E-state index in [0.29, 0.717) is 0 Å². The predicted octanol–water partition coefficient (Wildman–Crippen LogP) is 4.17. The molecule has 0 radical (unpaired) electrons. The lowest BCUT2D eigenvalue weighted by Crippen LogP contribution is -2.52. The number of hydrazone groups is 1. The van der Waals surface area contributed by atoms with Gasteiger partial charge in [0, 0.05) is 23.5 Å². The zero-order chi connectivity index (χ0) is 18.3. The molecule has 4 saturated carbocycles. The molecule has 1 N–H and O–H groups in total. The molecule has 2 aromatic rings. The number of hydrogen-bond donors (Lipinski definition) is 1. The summed E-state index contributed by atoms with van der Waals surface area (Å²) in [6.07, 6.45) is 10.7. The molecule has 4 aliphatic rings. The van der Waals surface area contributed by atoms with Crippen molar-refractivity contribution in [3.63, 3.8) is 0 Å². The molecule has 1 amide bonds. The first-order valence-electron chi connectivity index (χ1n) is 10.1. The maximum atomic E-state index is 13.2. The smallest absolute Gasteiger partial charge is 0.246 e. The lowest BCUT2D eigenvalue weighted by Gasteiger charge is -2.55. The fourth-order valence-electron chi connectivity index (χ4n) is 6.02. The number of carbonyl (C=O) groups is 1. The van der Waals surface area contributed by atoms with E-state index < -0.39 is 0 Å². The van der Waals surface area contributed by atoms with Gasteiger partial charge in [0.1, 0.15) is 0 Å². The van der Waals surface area contributed by atoms with Crippen LogP contribution in [0, 0.1) is 23.2 Å².